The lowest BCUT2D eigenvalue weighted by Gasteiger charge is -2.16. The van der Waals surface area contributed by atoms with Gasteiger partial charge in [-0.15, -0.1) is 0 Å². The highest BCUT2D eigenvalue weighted by Crippen LogP contribution is 2.18. The van der Waals surface area contributed by atoms with E-state index in [1.165, 1.54) is 12.1 Å². The topological polar surface area (TPSA) is 70.7 Å². The van der Waals surface area contributed by atoms with Gasteiger partial charge >= 0.3 is 0 Å². The number of hydrogen-bond donors (Lipinski definition) is 2. The maximum Gasteiger partial charge on any atom is 0.223 e. The summed E-state index contributed by atoms with van der Waals surface area (Å²) in [6.45, 7) is 0.313. The molecule has 1 aliphatic rings. The molecule has 0 radical (unpaired) electrons. The maximum atomic E-state index is 12.9. The van der Waals surface area contributed by atoms with Crippen LogP contribution in [0.1, 0.15) is 25.1 Å². The number of aromatic amines is 1. The predicted octanol–water partition coefficient (Wildman–Crippen LogP) is 2.58. The molecule has 1 atom stereocenters. The van der Waals surface area contributed by atoms with Gasteiger partial charge in [0.05, 0.1) is 6.54 Å². The average molecular weight is 300 g/mol. The highest BCUT2D eigenvalue weighted by atomic mass is 19.1. The van der Waals surface area contributed by atoms with Gasteiger partial charge in [-0.2, -0.15) is 5.10 Å². The zero-order chi connectivity index (χ0) is 15.4. The first-order valence-electron chi connectivity index (χ1n) is 7.32. The van der Waals surface area contributed by atoms with Crippen LogP contribution in [0.2, 0.25) is 0 Å². The molecule has 1 amide bonds. The molecule has 1 heterocycles. The summed E-state index contributed by atoms with van der Waals surface area (Å²) in [6, 6.07) is 5.97. The molecule has 5 nitrogen and oxygen atoms in total. The van der Waals surface area contributed by atoms with E-state index in [2.05, 4.69) is 32.7 Å². The predicted molar refractivity (Wildman–Crippen MR) is 80.1 cm³/mol. The van der Waals surface area contributed by atoms with Crippen LogP contribution in [0.5, 0.6) is 0 Å². The number of nitrogens with zero attached hydrogens (tertiary/aromatic N) is 2. The van der Waals surface area contributed by atoms with Crippen LogP contribution < -0.4 is 5.32 Å². The second kappa shape index (κ2) is 6.51. The number of benzene rings is 1. The summed E-state index contributed by atoms with van der Waals surface area (Å²) >= 11 is 0. The number of amides is 1. The lowest BCUT2D eigenvalue weighted by Crippen LogP contribution is -2.31. The molecule has 1 aromatic carbocycles. The van der Waals surface area contributed by atoms with E-state index < -0.39 is 0 Å². The monoisotopic (exact) mass is 300 g/mol. The fraction of sp³-hybridized carbons (Fsp3) is 0.312. The summed E-state index contributed by atoms with van der Waals surface area (Å²) < 4.78 is 12.9. The third-order valence-electron chi connectivity index (χ3n) is 3.70. The van der Waals surface area contributed by atoms with Crippen molar-refractivity contribution in [1.29, 1.82) is 0 Å². The Labute approximate surface area is 127 Å². The second-order valence-electron chi connectivity index (χ2n) is 5.31. The molecule has 0 saturated heterocycles. The fourth-order valence-electron chi connectivity index (χ4n) is 2.45. The van der Waals surface area contributed by atoms with Crippen LogP contribution in [0.3, 0.4) is 0 Å². The smallest absolute Gasteiger partial charge is 0.223 e. The molecule has 0 spiro atoms. The SMILES string of the molecule is O=C(NCc1nc(-c2ccc(F)cc2)n[nH]1)[C@@H]1CC=CCC1. The molecule has 2 aromatic rings. The first-order chi connectivity index (χ1) is 10.7. The minimum absolute atomic E-state index is 0.0454. The van der Waals surface area contributed by atoms with Crippen molar-refractivity contribution in [1.82, 2.24) is 20.5 Å². The molecule has 3 rings (SSSR count). The average Bonchev–Trinajstić information content (AvgIpc) is 3.03. The Balaban J connectivity index is 1.58. The van der Waals surface area contributed by atoms with Crippen molar-refractivity contribution < 1.29 is 9.18 Å². The fourth-order valence-corrected chi connectivity index (χ4v) is 2.45. The Kier molecular flexibility index (Phi) is 4.27. The molecule has 22 heavy (non-hydrogen) atoms. The highest BCUT2D eigenvalue weighted by Gasteiger charge is 2.18. The molecular formula is C16H17FN4O. The molecular weight excluding hydrogens is 283 g/mol. The van der Waals surface area contributed by atoms with Crippen LogP contribution >= 0.6 is 0 Å². The molecule has 0 unspecified atom stereocenters. The maximum absolute atomic E-state index is 12.9. The second-order valence-corrected chi connectivity index (χ2v) is 5.31. The van der Waals surface area contributed by atoms with Gasteiger partial charge in [0.2, 0.25) is 5.91 Å². The van der Waals surface area contributed by atoms with Gasteiger partial charge in [-0.1, -0.05) is 12.2 Å². The Morgan fingerprint density at radius 2 is 2.14 bits per heavy atom. The van der Waals surface area contributed by atoms with Gasteiger partial charge in [0.25, 0.3) is 0 Å². The van der Waals surface area contributed by atoms with E-state index in [0.717, 1.165) is 24.8 Å². The summed E-state index contributed by atoms with van der Waals surface area (Å²) in [4.78, 5) is 16.3. The third-order valence-corrected chi connectivity index (χ3v) is 3.70. The first-order valence-corrected chi connectivity index (χ1v) is 7.32. The van der Waals surface area contributed by atoms with Crippen molar-refractivity contribution in [2.24, 2.45) is 5.92 Å². The van der Waals surface area contributed by atoms with Crippen molar-refractivity contribution in [3.05, 3.63) is 48.1 Å². The Morgan fingerprint density at radius 1 is 1.32 bits per heavy atom. The van der Waals surface area contributed by atoms with Crippen molar-refractivity contribution in [3.63, 3.8) is 0 Å². The van der Waals surface area contributed by atoms with Gasteiger partial charge < -0.3 is 5.32 Å². The Hall–Kier alpha value is -2.50. The molecule has 0 saturated carbocycles. The van der Waals surface area contributed by atoms with E-state index in [1.54, 1.807) is 12.1 Å². The zero-order valence-electron chi connectivity index (χ0n) is 12.1. The van der Waals surface area contributed by atoms with E-state index in [-0.39, 0.29) is 17.6 Å². The molecule has 0 bridgehead atoms. The summed E-state index contributed by atoms with van der Waals surface area (Å²) in [7, 11) is 0. The van der Waals surface area contributed by atoms with Gasteiger partial charge in [-0.25, -0.2) is 9.37 Å². The van der Waals surface area contributed by atoms with Crippen molar-refractivity contribution in [2.75, 3.05) is 0 Å². The normalized spacial score (nSPS) is 17.4. The Bertz CT molecular complexity index is 678. The van der Waals surface area contributed by atoms with Crippen molar-refractivity contribution >= 4 is 5.91 Å². The lowest BCUT2D eigenvalue weighted by atomic mass is 9.94. The minimum Gasteiger partial charge on any atom is -0.349 e. The van der Waals surface area contributed by atoms with Crippen LogP contribution in [0.4, 0.5) is 4.39 Å². The van der Waals surface area contributed by atoms with E-state index >= 15 is 0 Å². The van der Waals surface area contributed by atoms with Crippen molar-refractivity contribution in [3.8, 4) is 11.4 Å². The number of halogens is 1. The van der Waals surface area contributed by atoms with Gasteiger partial charge in [0.1, 0.15) is 11.6 Å². The minimum atomic E-state index is -0.298. The molecule has 0 fully saturated rings. The van der Waals surface area contributed by atoms with E-state index in [9.17, 15) is 9.18 Å². The van der Waals surface area contributed by atoms with E-state index in [4.69, 9.17) is 0 Å². The van der Waals surface area contributed by atoms with Gasteiger partial charge in [0, 0.05) is 11.5 Å². The molecule has 0 aliphatic heterocycles. The standard InChI is InChI=1S/C16H17FN4O/c17-13-8-6-11(7-9-13)15-19-14(20-21-15)10-18-16(22)12-4-2-1-3-5-12/h1-2,6-9,12H,3-5,10H2,(H,18,22)(H,19,20,21)/t12-/m1/s1. The van der Waals surface area contributed by atoms with Crippen molar-refractivity contribution in [2.45, 2.75) is 25.8 Å². The number of hydrogen-bond acceptors (Lipinski definition) is 3. The number of carbonyl (C=O) groups excluding carboxylic acids is 1. The van der Waals surface area contributed by atoms with Crippen LogP contribution in [-0.4, -0.2) is 21.1 Å². The van der Waals surface area contributed by atoms with Crippen LogP contribution in [-0.2, 0) is 11.3 Å². The number of nitrogens with one attached hydrogen (secondary N) is 2. The molecule has 2 N–H and O–H groups in total. The summed E-state index contributed by atoms with van der Waals surface area (Å²) in [5.41, 5.74) is 0.729. The number of H-pyrrole nitrogens is 1. The molecule has 1 aliphatic carbocycles. The largest absolute Gasteiger partial charge is 0.349 e. The van der Waals surface area contributed by atoms with Crippen LogP contribution in [0.25, 0.3) is 11.4 Å². The quantitative estimate of drug-likeness (QED) is 0.853. The molecule has 6 heteroatoms. The number of aromatic nitrogens is 3. The zero-order valence-corrected chi connectivity index (χ0v) is 12.1. The number of carbonyl (C=O) groups is 1. The van der Waals surface area contributed by atoms with E-state index in [1.807, 2.05) is 0 Å². The summed E-state index contributed by atoms with van der Waals surface area (Å²) in [5, 5.41) is 9.76. The summed E-state index contributed by atoms with van der Waals surface area (Å²) in [5.74, 6) is 0.866. The Morgan fingerprint density at radius 3 is 2.86 bits per heavy atom. The highest BCUT2D eigenvalue weighted by molar-refractivity contribution is 5.78. The number of allylic oxidation sites excluding steroid dienone is 2. The lowest BCUT2D eigenvalue weighted by molar-refractivity contribution is -0.125. The molecule has 114 valence electrons. The first kappa shape index (κ1) is 14.4. The van der Waals surface area contributed by atoms with Gasteiger partial charge in [0.15, 0.2) is 5.82 Å². The van der Waals surface area contributed by atoms with Gasteiger partial charge in [-0.3, -0.25) is 9.89 Å². The summed E-state index contributed by atoms with van der Waals surface area (Å²) in [6.07, 6.45) is 6.79. The van der Waals surface area contributed by atoms with Crippen LogP contribution in [0, 0.1) is 11.7 Å². The number of rotatable bonds is 4. The van der Waals surface area contributed by atoms with Crippen LogP contribution in [0.15, 0.2) is 36.4 Å². The van der Waals surface area contributed by atoms with E-state index in [0.29, 0.717) is 18.2 Å². The molecule has 1 aromatic heterocycles. The third kappa shape index (κ3) is 3.39. The van der Waals surface area contributed by atoms with Gasteiger partial charge in [-0.05, 0) is 43.5 Å².